The normalized spacial score (nSPS) is 22.2. The molecular formula is C19H24N4O2. The van der Waals surface area contributed by atoms with Crippen LogP contribution in [0.4, 0.5) is 0 Å². The summed E-state index contributed by atoms with van der Waals surface area (Å²) in [5.74, 6) is 1.26. The zero-order chi connectivity index (χ0) is 17.1. The lowest BCUT2D eigenvalue weighted by atomic mass is 10.0. The van der Waals surface area contributed by atoms with E-state index in [-0.39, 0.29) is 0 Å². The van der Waals surface area contributed by atoms with Crippen molar-refractivity contribution in [3.63, 3.8) is 0 Å². The maximum Gasteiger partial charge on any atom is 0.238 e. The molecule has 2 saturated heterocycles. The van der Waals surface area contributed by atoms with E-state index < -0.39 is 0 Å². The van der Waals surface area contributed by atoms with Crippen LogP contribution in [0.1, 0.15) is 43.1 Å². The smallest absolute Gasteiger partial charge is 0.238 e. The highest BCUT2D eigenvalue weighted by Crippen LogP contribution is 2.35. The zero-order valence-corrected chi connectivity index (χ0v) is 14.6. The van der Waals surface area contributed by atoms with Crippen LogP contribution < -0.4 is 4.74 Å². The maximum absolute atomic E-state index is 5.92. The molecule has 2 aliphatic heterocycles. The third-order valence-electron chi connectivity index (χ3n) is 5.10. The van der Waals surface area contributed by atoms with Gasteiger partial charge in [0, 0.05) is 25.5 Å². The second-order valence-electron chi connectivity index (χ2n) is 6.71. The van der Waals surface area contributed by atoms with Gasteiger partial charge in [-0.2, -0.15) is 0 Å². The average molecular weight is 340 g/mol. The first-order valence-electron chi connectivity index (χ1n) is 9.06. The van der Waals surface area contributed by atoms with Gasteiger partial charge in [-0.15, -0.1) is 0 Å². The van der Waals surface area contributed by atoms with Gasteiger partial charge in [0.1, 0.15) is 0 Å². The predicted molar refractivity (Wildman–Crippen MR) is 93.6 cm³/mol. The van der Waals surface area contributed by atoms with Gasteiger partial charge in [-0.25, -0.2) is 4.98 Å². The van der Waals surface area contributed by atoms with Gasteiger partial charge < -0.3 is 9.47 Å². The Morgan fingerprint density at radius 3 is 2.92 bits per heavy atom. The van der Waals surface area contributed by atoms with Crippen LogP contribution in [0.5, 0.6) is 11.6 Å². The Bertz CT molecular complexity index is 718. The molecule has 6 nitrogen and oxygen atoms in total. The summed E-state index contributed by atoms with van der Waals surface area (Å²) in [4.78, 5) is 16.0. The molecule has 6 heteroatoms. The molecule has 0 saturated carbocycles. The molecule has 0 bridgehead atoms. The molecular weight excluding hydrogens is 316 g/mol. The van der Waals surface area contributed by atoms with Gasteiger partial charge in [0.15, 0.2) is 5.75 Å². The van der Waals surface area contributed by atoms with Crippen LogP contribution in [0.15, 0.2) is 30.7 Å². The van der Waals surface area contributed by atoms with Crippen molar-refractivity contribution in [1.29, 1.82) is 0 Å². The van der Waals surface area contributed by atoms with Crippen LogP contribution in [-0.2, 0) is 4.74 Å². The summed E-state index contributed by atoms with van der Waals surface area (Å²) in [6, 6.07) is 4.69. The van der Waals surface area contributed by atoms with Gasteiger partial charge in [0.05, 0.1) is 29.8 Å². The van der Waals surface area contributed by atoms with E-state index in [1.165, 1.54) is 6.42 Å². The number of aryl methyl sites for hydroxylation is 1. The van der Waals surface area contributed by atoms with Gasteiger partial charge >= 0.3 is 0 Å². The van der Waals surface area contributed by atoms with Gasteiger partial charge in [-0.1, -0.05) is 0 Å². The van der Waals surface area contributed by atoms with Gasteiger partial charge in [-0.3, -0.25) is 14.9 Å². The van der Waals surface area contributed by atoms with E-state index in [0.29, 0.717) is 18.0 Å². The minimum absolute atomic E-state index is 0.328. The van der Waals surface area contributed by atoms with Gasteiger partial charge in [0.25, 0.3) is 0 Å². The van der Waals surface area contributed by atoms with Crippen molar-refractivity contribution < 1.29 is 9.47 Å². The first-order chi connectivity index (χ1) is 12.3. The molecule has 2 aromatic heterocycles. The van der Waals surface area contributed by atoms with Crippen LogP contribution >= 0.6 is 0 Å². The summed E-state index contributed by atoms with van der Waals surface area (Å²) in [6.45, 7) is 4.78. The molecule has 2 aromatic rings. The van der Waals surface area contributed by atoms with Crippen LogP contribution in [-0.4, -0.2) is 45.7 Å². The van der Waals surface area contributed by atoms with E-state index >= 15 is 0 Å². The molecule has 4 heterocycles. The summed E-state index contributed by atoms with van der Waals surface area (Å²) in [5, 5.41) is 0. The first kappa shape index (κ1) is 16.4. The maximum atomic E-state index is 5.92. The summed E-state index contributed by atoms with van der Waals surface area (Å²) in [5.41, 5.74) is 1.85. The zero-order valence-electron chi connectivity index (χ0n) is 14.6. The van der Waals surface area contributed by atoms with Crippen molar-refractivity contribution in [2.45, 2.75) is 44.7 Å². The molecule has 4 rings (SSSR count). The average Bonchev–Trinajstić information content (AvgIpc) is 3.15. The van der Waals surface area contributed by atoms with E-state index in [9.17, 15) is 0 Å². The Labute approximate surface area is 148 Å². The Hall–Kier alpha value is -2.05. The second-order valence-corrected chi connectivity index (χ2v) is 6.71. The monoisotopic (exact) mass is 340 g/mol. The fourth-order valence-corrected chi connectivity index (χ4v) is 3.82. The van der Waals surface area contributed by atoms with E-state index in [1.807, 2.05) is 25.3 Å². The Balaban J connectivity index is 1.53. The van der Waals surface area contributed by atoms with E-state index in [2.05, 4.69) is 14.9 Å². The molecule has 0 unspecified atom stereocenters. The number of hydrogen-bond acceptors (Lipinski definition) is 6. The Morgan fingerprint density at radius 2 is 2.08 bits per heavy atom. The molecule has 1 atom stereocenters. The number of nitrogens with zero attached hydrogens (tertiary/aromatic N) is 4. The topological polar surface area (TPSA) is 60.4 Å². The fourth-order valence-electron chi connectivity index (χ4n) is 3.82. The third kappa shape index (κ3) is 3.65. The quantitative estimate of drug-likeness (QED) is 0.851. The molecule has 0 aliphatic carbocycles. The summed E-state index contributed by atoms with van der Waals surface area (Å²) >= 11 is 0. The molecule has 0 amide bonds. The highest BCUT2D eigenvalue weighted by molar-refractivity contribution is 5.29. The molecule has 0 radical (unpaired) electrons. The van der Waals surface area contributed by atoms with Gasteiger partial charge in [0.2, 0.25) is 5.88 Å². The van der Waals surface area contributed by atoms with Gasteiger partial charge in [-0.05, 0) is 51.3 Å². The van der Waals surface area contributed by atoms with E-state index in [4.69, 9.17) is 14.5 Å². The Kier molecular flexibility index (Phi) is 4.90. The minimum Gasteiger partial charge on any atom is -0.436 e. The lowest BCUT2D eigenvalue weighted by molar-refractivity contribution is 0.0284. The second kappa shape index (κ2) is 7.45. The number of hydrogen-bond donors (Lipinski definition) is 0. The number of rotatable bonds is 4. The number of ether oxygens (including phenoxy) is 2. The molecule has 0 aromatic carbocycles. The molecule has 25 heavy (non-hydrogen) atoms. The highest BCUT2D eigenvalue weighted by atomic mass is 16.5. The first-order valence-corrected chi connectivity index (χ1v) is 9.06. The van der Waals surface area contributed by atoms with Crippen molar-refractivity contribution in [3.8, 4) is 11.6 Å². The SMILES string of the molecule is Cc1ncccc1Oc1cncc([C@H]2CCCN2C2CCOCC2)n1. The lowest BCUT2D eigenvalue weighted by Crippen LogP contribution is -2.39. The molecule has 0 N–H and O–H groups in total. The molecule has 2 fully saturated rings. The summed E-state index contributed by atoms with van der Waals surface area (Å²) in [7, 11) is 0. The van der Waals surface area contributed by atoms with Crippen LogP contribution in [0.3, 0.4) is 0 Å². The van der Waals surface area contributed by atoms with Crippen LogP contribution in [0.25, 0.3) is 0 Å². The standard InChI is InChI=1S/C19H24N4O2/c1-14-18(5-2-8-21-14)25-19-13-20-12-16(22-19)17-4-3-9-23(17)15-6-10-24-11-7-15/h2,5,8,12-13,15,17H,3-4,6-7,9-11H2,1H3/t17-/m1/s1. The molecule has 2 aliphatic rings. The summed E-state index contributed by atoms with van der Waals surface area (Å²) in [6.07, 6.45) is 9.85. The van der Waals surface area contributed by atoms with E-state index in [0.717, 1.165) is 56.2 Å². The third-order valence-corrected chi connectivity index (χ3v) is 5.10. The van der Waals surface area contributed by atoms with Crippen LogP contribution in [0, 0.1) is 6.92 Å². The predicted octanol–water partition coefficient (Wildman–Crippen LogP) is 3.29. The number of pyridine rings is 1. The lowest BCUT2D eigenvalue weighted by Gasteiger charge is -2.35. The molecule has 0 spiro atoms. The van der Waals surface area contributed by atoms with Crippen molar-refractivity contribution >= 4 is 0 Å². The minimum atomic E-state index is 0.328. The molecule has 132 valence electrons. The summed E-state index contributed by atoms with van der Waals surface area (Å²) < 4.78 is 11.4. The largest absolute Gasteiger partial charge is 0.436 e. The number of aromatic nitrogens is 3. The highest BCUT2D eigenvalue weighted by Gasteiger charge is 2.33. The van der Waals surface area contributed by atoms with Crippen molar-refractivity contribution in [1.82, 2.24) is 19.9 Å². The van der Waals surface area contributed by atoms with Crippen molar-refractivity contribution in [3.05, 3.63) is 42.1 Å². The number of likely N-dealkylation sites (tertiary alicyclic amines) is 1. The van der Waals surface area contributed by atoms with Crippen molar-refractivity contribution in [2.75, 3.05) is 19.8 Å². The van der Waals surface area contributed by atoms with E-state index in [1.54, 1.807) is 12.4 Å². The van der Waals surface area contributed by atoms with Crippen LogP contribution in [0.2, 0.25) is 0 Å². The fraction of sp³-hybridized carbons (Fsp3) is 0.526. The van der Waals surface area contributed by atoms with Crippen molar-refractivity contribution in [2.24, 2.45) is 0 Å². The Morgan fingerprint density at radius 1 is 1.20 bits per heavy atom.